The van der Waals surface area contributed by atoms with E-state index in [1.165, 1.54) is 6.42 Å². The first kappa shape index (κ1) is 33.0. The zero-order valence-electron chi connectivity index (χ0n) is 25.8. The predicted octanol–water partition coefficient (Wildman–Crippen LogP) is 4.67. The Bertz CT molecular complexity index is 1210. The van der Waals surface area contributed by atoms with E-state index in [0.717, 1.165) is 62.9 Å². The number of halogens is 1. The van der Waals surface area contributed by atoms with Gasteiger partial charge >= 0.3 is 0 Å². The maximum absolute atomic E-state index is 13.5. The molecule has 1 aliphatic carbocycles. The van der Waals surface area contributed by atoms with Crippen LogP contribution in [0.1, 0.15) is 93.1 Å². The van der Waals surface area contributed by atoms with Gasteiger partial charge in [0.2, 0.25) is 11.8 Å². The van der Waals surface area contributed by atoms with E-state index in [4.69, 9.17) is 11.6 Å². The van der Waals surface area contributed by atoms with Crippen LogP contribution in [0, 0.1) is 5.92 Å². The molecule has 0 spiro atoms. The van der Waals surface area contributed by atoms with Crippen LogP contribution in [0.25, 0.3) is 0 Å². The van der Waals surface area contributed by atoms with Gasteiger partial charge in [0.1, 0.15) is 12.1 Å². The highest BCUT2D eigenvalue weighted by atomic mass is 35.5. The third kappa shape index (κ3) is 10.1. The molecule has 2 aromatic carbocycles. The van der Waals surface area contributed by atoms with Gasteiger partial charge < -0.3 is 26.6 Å². The van der Waals surface area contributed by atoms with Crippen LogP contribution in [0.15, 0.2) is 48.5 Å². The van der Waals surface area contributed by atoms with Crippen molar-refractivity contribution < 1.29 is 14.4 Å². The van der Waals surface area contributed by atoms with Crippen LogP contribution in [0.5, 0.6) is 0 Å². The lowest BCUT2D eigenvalue weighted by molar-refractivity contribution is -0.130. The van der Waals surface area contributed by atoms with Crippen molar-refractivity contribution in [3.05, 3.63) is 70.2 Å². The fourth-order valence-corrected chi connectivity index (χ4v) is 6.33. The lowest BCUT2D eigenvalue weighted by Gasteiger charge is -2.34. The number of carbonyl (C=O) groups excluding carboxylic acids is 3. The van der Waals surface area contributed by atoms with Gasteiger partial charge in [0.05, 0.1) is 0 Å². The highest BCUT2D eigenvalue weighted by molar-refractivity contribution is 6.30. The van der Waals surface area contributed by atoms with Crippen LogP contribution < -0.4 is 26.6 Å². The number of rotatable bonds is 12. The average molecular weight is 610 g/mol. The second-order valence-corrected chi connectivity index (χ2v) is 13.0. The average Bonchev–Trinajstić information content (AvgIpc) is 3.00. The fourth-order valence-electron chi connectivity index (χ4n) is 6.13. The van der Waals surface area contributed by atoms with Crippen molar-refractivity contribution in [3.63, 3.8) is 0 Å². The number of hydrogen-bond acceptors (Lipinski definition) is 5. The van der Waals surface area contributed by atoms with Crippen LogP contribution in [-0.4, -0.2) is 55.0 Å². The standard InChI is InChI=1S/C34H48ClN5O3/c1-22(2)18-31(34(43)39-30-12-5-4-11-29(30)26-8-6-9-27(35)19-26)40-32(41)23(3)38-33(42)25-15-13-24(14-16-25)20-37-28-10-7-17-36-21-28/h6,8-9,13-16,19,22-23,28-31,36-37H,4-5,7,10-12,17-18,20-21H2,1-3H3,(H,38,42)(H,39,43)(H,40,41)/t23-,28?,29-,30+,31-/m0/s1. The second kappa shape index (κ2) is 16.2. The van der Waals surface area contributed by atoms with Crippen LogP contribution in [0.2, 0.25) is 5.02 Å². The molecule has 2 aromatic rings. The first-order valence-corrected chi connectivity index (χ1v) is 16.3. The molecule has 8 nitrogen and oxygen atoms in total. The van der Waals surface area contributed by atoms with Crippen LogP contribution in [-0.2, 0) is 16.1 Å². The van der Waals surface area contributed by atoms with Gasteiger partial charge in [0.15, 0.2) is 0 Å². The summed E-state index contributed by atoms with van der Waals surface area (Å²) in [4.78, 5) is 39.6. The molecule has 1 saturated carbocycles. The summed E-state index contributed by atoms with van der Waals surface area (Å²) >= 11 is 6.26. The molecule has 2 aliphatic rings. The van der Waals surface area contributed by atoms with E-state index < -0.39 is 12.1 Å². The molecule has 234 valence electrons. The molecule has 1 heterocycles. The lowest BCUT2D eigenvalue weighted by atomic mass is 9.80. The summed E-state index contributed by atoms with van der Waals surface area (Å²) in [5, 5.41) is 16.6. The minimum absolute atomic E-state index is 0.0269. The van der Waals surface area contributed by atoms with Gasteiger partial charge in [-0.1, -0.05) is 62.6 Å². The van der Waals surface area contributed by atoms with Crippen LogP contribution in [0.4, 0.5) is 0 Å². The number of piperidine rings is 1. The van der Waals surface area contributed by atoms with E-state index in [1.54, 1.807) is 19.1 Å². The van der Waals surface area contributed by atoms with Crippen molar-refractivity contribution in [3.8, 4) is 0 Å². The highest BCUT2D eigenvalue weighted by Gasteiger charge is 2.32. The Labute approximate surface area is 261 Å². The lowest BCUT2D eigenvalue weighted by Crippen LogP contribution is -2.55. The van der Waals surface area contributed by atoms with E-state index in [-0.39, 0.29) is 35.6 Å². The normalized spacial score (nSPS) is 21.9. The van der Waals surface area contributed by atoms with Crippen LogP contribution in [0.3, 0.4) is 0 Å². The molecule has 1 aliphatic heterocycles. The van der Waals surface area contributed by atoms with Gasteiger partial charge in [0, 0.05) is 41.7 Å². The third-order valence-electron chi connectivity index (χ3n) is 8.56. The number of nitrogens with one attached hydrogen (secondary N) is 5. The number of benzene rings is 2. The summed E-state index contributed by atoms with van der Waals surface area (Å²) in [7, 11) is 0. The molecule has 0 aromatic heterocycles. The summed E-state index contributed by atoms with van der Waals surface area (Å²) in [6.45, 7) is 8.49. The van der Waals surface area contributed by atoms with Gasteiger partial charge in [-0.25, -0.2) is 0 Å². The largest absolute Gasteiger partial charge is 0.351 e. The molecule has 0 bridgehead atoms. The third-order valence-corrected chi connectivity index (χ3v) is 8.79. The molecular formula is C34H48ClN5O3. The van der Waals surface area contributed by atoms with Gasteiger partial charge in [0.25, 0.3) is 5.91 Å². The van der Waals surface area contributed by atoms with E-state index in [0.29, 0.717) is 23.0 Å². The topological polar surface area (TPSA) is 111 Å². The molecule has 9 heteroatoms. The first-order chi connectivity index (χ1) is 20.7. The molecule has 43 heavy (non-hydrogen) atoms. The molecule has 3 amide bonds. The van der Waals surface area contributed by atoms with Gasteiger partial charge in [-0.05, 0) is 86.9 Å². The van der Waals surface area contributed by atoms with Gasteiger partial charge in [-0.2, -0.15) is 0 Å². The minimum atomic E-state index is -0.802. The van der Waals surface area contributed by atoms with E-state index in [9.17, 15) is 14.4 Å². The summed E-state index contributed by atoms with van der Waals surface area (Å²) in [6, 6.07) is 14.2. The number of hydrogen-bond donors (Lipinski definition) is 5. The fraction of sp³-hybridized carbons (Fsp3) is 0.559. The van der Waals surface area contributed by atoms with Crippen molar-refractivity contribution in [1.82, 2.24) is 26.6 Å². The summed E-state index contributed by atoms with van der Waals surface area (Å²) in [5.74, 6) is -0.524. The maximum Gasteiger partial charge on any atom is 0.251 e. The summed E-state index contributed by atoms with van der Waals surface area (Å²) < 4.78 is 0. The van der Waals surface area contributed by atoms with Crippen LogP contribution >= 0.6 is 11.6 Å². The zero-order valence-corrected chi connectivity index (χ0v) is 26.5. The Morgan fingerprint density at radius 2 is 1.70 bits per heavy atom. The van der Waals surface area contributed by atoms with Crippen molar-refractivity contribution in [2.45, 2.75) is 102 Å². The molecule has 0 radical (unpaired) electrons. The van der Waals surface area contributed by atoms with Gasteiger partial charge in [-0.3, -0.25) is 14.4 Å². The maximum atomic E-state index is 13.5. The molecule has 1 unspecified atom stereocenters. The molecular weight excluding hydrogens is 562 g/mol. The monoisotopic (exact) mass is 609 g/mol. The molecule has 5 atom stereocenters. The van der Waals surface area contributed by atoms with E-state index >= 15 is 0 Å². The summed E-state index contributed by atoms with van der Waals surface area (Å²) in [5.41, 5.74) is 2.72. The number of carbonyl (C=O) groups is 3. The first-order valence-electron chi connectivity index (χ1n) is 15.9. The van der Waals surface area contributed by atoms with Crippen molar-refractivity contribution in [2.24, 2.45) is 5.92 Å². The molecule has 2 fully saturated rings. The number of amides is 3. The Morgan fingerprint density at radius 1 is 0.930 bits per heavy atom. The Hall–Kier alpha value is -2.94. The van der Waals surface area contributed by atoms with Crippen molar-refractivity contribution in [1.29, 1.82) is 0 Å². The van der Waals surface area contributed by atoms with Crippen molar-refractivity contribution in [2.75, 3.05) is 13.1 Å². The van der Waals surface area contributed by atoms with E-state index in [2.05, 4.69) is 32.7 Å². The molecule has 5 N–H and O–H groups in total. The minimum Gasteiger partial charge on any atom is -0.351 e. The second-order valence-electron chi connectivity index (χ2n) is 12.6. The van der Waals surface area contributed by atoms with E-state index in [1.807, 2.05) is 44.2 Å². The predicted molar refractivity (Wildman–Crippen MR) is 172 cm³/mol. The molecule has 4 rings (SSSR count). The Kier molecular flexibility index (Phi) is 12.4. The smallest absolute Gasteiger partial charge is 0.251 e. The molecule has 1 saturated heterocycles. The highest BCUT2D eigenvalue weighted by Crippen LogP contribution is 2.34. The quantitative estimate of drug-likeness (QED) is 0.240. The van der Waals surface area contributed by atoms with Gasteiger partial charge in [-0.15, -0.1) is 0 Å². The Balaban J connectivity index is 1.31. The van der Waals surface area contributed by atoms with Crippen molar-refractivity contribution >= 4 is 29.3 Å². The zero-order chi connectivity index (χ0) is 30.8. The Morgan fingerprint density at radius 3 is 2.40 bits per heavy atom. The summed E-state index contributed by atoms with van der Waals surface area (Å²) in [6.07, 6.45) is 6.84. The SMILES string of the molecule is CC(C)C[C@H](NC(=O)[C@H](C)NC(=O)c1ccc(CNC2CCCNC2)cc1)C(=O)N[C@@H]1CCCC[C@H]1c1cccc(Cl)c1.